The molecule has 0 atom stereocenters. The second-order valence-electron chi connectivity index (χ2n) is 2.22. The molecule has 0 spiro atoms. The fourth-order valence-corrected chi connectivity index (χ4v) is 2.02. The Hall–Kier alpha value is 0.470. The van der Waals surface area contributed by atoms with Crippen molar-refractivity contribution in [3.8, 4) is 0 Å². The quantitative estimate of drug-likeness (QED) is 0.664. The molecule has 1 aromatic heterocycles. The standard InChI is InChI=1S/C7H5F2I2N/c1-3-5(7(8)9)6(11)4(10)2-12-3/h2,7H,1H3. The molecule has 1 nitrogen and oxygen atoms in total. The number of halogens is 4. The summed E-state index contributed by atoms with van der Waals surface area (Å²) in [6, 6.07) is 0. The molecule has 0 unspecified atom stereocenters. The molecule has 1 heterocycles. The van der Waals surface area contributed by atoms with Gasteiger partial charge in [0, 0.05) is 19.0 Å². The second kappa shape index (κ2) is 4.12. The third-order valence-corrected chi connectivity index (χ3v) is 4.44. The first-order chi connectivity index (χ1) is 5.54. The molecule has 0 amide bonds. The highest BCUT2D eigenvalue weighted by atomic mass is 127. The number of hydrogen-bond acceptors (Lipinski definition) is 1. The van der Waals surface area contributed by atoms with Crippen LogP contribution in [0.25, 0.3) is 0 Å². The Balaban J connectivity index is 3.33. The van der Waals surface area contributed by atoms with Crippen LogP contribution in [0, 0.1) is 14.1 Å². The molecule has 0 bridgehead atoms. The molecule has 0 radical (unpaired) electrons. The summed E-state index contributed by atoms with van der Waals surface area (Å²) in [5, 5.41) is 0. The lowest BCUT2D eigenvalue weighted by Crippen LogP contribution is -1.99. The van der Waals surface area contributed by atoms with E-state index in [1.54, 1.807) is 13.1 Å². The van der Waals surface area contributed by atoms with Crippen molar-refractivity contribution in [3.05, 3.63) is 24.6 Å². The van der Waals surface area contributed by atoms with Gasteiger partial charge in [0.15, 0.2) is 0 Å². The normalized spacial score (nSPS) is 10.8. The number of pyridine rings is 1. The van der Waals surface area contributed by atoms with Crippen LogP contribution >= 0.6 is 45.2 Å². The van der Waals surface area contributed by atoms with Gasteiger partial charge < -0.3 is 0 Å². The van der Waals surface area contributed by atoms with Gasteiger partial charge in [-0.15, -0.1) is 0 Å². The first-order valence-corrected chi connectivity index (χ1v) is 5.28. The van der Waals surface area contributed by atoms with Crippen molar-refractivity contribution in [2.75, 3.05) is 0 Å². The highest BCUT2D eigenvalue weighted by Gasteiger charge is 2.17. The van der Waals surface area contributed by atoms with Crippen LogP contribution in [0.15, 0.2) is 6.20 Å². The first kappa shape index (κ1) is 10.6. The average molecular weight is 395 g/mol. The molecular formula is C7H5F2I2N. The van der Waals surface area contributed by atoms with Gasteiger partial charge in [-0.2, -0.15) is 0 Å². The molecule has 66 valence electrons. The maximum Gasteiger partial charge on any atom is 0.266 e. The topological polar surface area (TPSA) is 12.9 Å². The van der Waals surface area contributed by atoms with Gasteiger partial charge in [0.2, 0.25) is 0 Å². The summed E-state index contributed by atoms with van der Waals surface area (Å²) in [4.78, 5) is 3.87. The fraction of sp³-hybridized carbons (Fsp3) is 0.286. The zero-order chi connectivity index (χ0) is 9.30. The van der Waals surface area contributed by atoms with Crippen molar-refractivity contribution < 1.29 is 8.78 Å². The Morgan fingerprint density at radius 2 is 2.00 bits per heavy atom. The third-order valence-electron chi connectivity index (χ3n) is 1.43. The fourth-order valence-electron chi connectivity index (χ4n) is 0.821. The number of alkyl halides is 2. The number of aryl methyl sites for hydroxylation is 1. The zero-order valence-electron chi connectivity index (χ0n) is 6.11. The van der Waals surface area contributed by atoms with Gasteiger partial charge in [0.05, 0.1) is 5.56 Å². The van der Waals surface area contributed by atoms with Crippen LogP contribution in [0.5, 0.6) is 0 Å². The molecular weight excluding hydrogens is 390 g/mol. The third kappa shape index (κ3) is 2.04. The number of nitrogens with zero attached hydrogens (tertiary/aromatic N) is 1. The van der Waals surface area contributed by atoms with E-state index in [1.807, 2.05) is 45.2 Å². The summed E-state index contributed by atoms with van der Waals surface area (Å²) in [5.74, 6) is 0. The highest BCUT2D eigenvalue weighted by Crippen LogP contribution is 2.29. The van der Waals surface area contributed by atoms with Gasteiger partial charge in [-0.1, -0.05) is 0 Å². The summed E-state index contributed by atoms with van der Waals surface area (Å²) in [6.45, 7) is 1.60. The summed E-state index contributed by atoms with van der Waals surface area (Å²) in [6.07, 6.45) is -0.831. The van der Waals surface area contributed by atoms with E-state index in [9.17, 15) is 8.78 Å². The lowest BCUT2D eigenvalue weighted by Gasteiger charge is -2.07. The monoisotopic (exact) mass is 395 g/mol. The van der Waals surface area contributed by atoms with Crippen molar-refractivity contribution in [3.63, 3.8) is 0 Å². The van der Waals surface area contributed by atoms with E-state index in [2.05, 4.69) is 4.98 Å². The Kier molecular flexibility index (Phi) is 3.62. The van der Waals surface area contributed by atoms with Crippen LogP contribution in [0.2, 0.25) is 0 Å². The zero-order valence-corrected chi connectivity index (χ0v) is 10.4. The maximum absolute atomic E-state index is 12.4. The molecule has 0 saturated carbocycles. The number of aromatic nitrogens is 1. The largest absolute Gasteiger partial charge is 0.266 e. The van der Waals surface area contributed by atoms with Crippen LogP contribution in [-0.2, 0) is 0 Å². The number of rotatable bonds is 1. The summed E-state index contributed by atoms with van der Waals surface area (Å²) in [5.41, 5.74) is 0.470. The van der Waals surface area contributed by atoms with Crippen LogP contribution in [-0.4, -0.2) is 4.98 Å². The Bertz CT molecular complexity index is 302. The van der Waals surface area contributed by atoms with Crippen LogP contribution in [0.3, 0.4) is 0 Å². The summed E-state index contributed by atoms with van der Waals surface area (Å²) >= 11 is 3.91. The second-order valence-corrected chi connectivity index (χ2v) is 4.46. The minimum Gasteiger partial charge on any atom is -0.260 e. The van der Waals surface area contributed by atoms with Gasteiger partial charge in [-0.25, -0.2) is 8.78 Å². The van der Waals surface area contributed by atoms with Gasteiger partial charge in [0.1, 0.15) is 0 Å². The molecule has 0 fully saturated rings. The molecule has 1 aromatic rings. The smallest absolute Gasteiger partial charge is 0.260 e. The van der Waals surface area contributed by atoms with E-state index < -0.39 is 6.43 Å². The van der Waals surface area contributed by atoms with E-state index in [0.717, 1.165) is 3.57 Å². The Morgan fingerprint density at radius 3 is 2.42 bits per heavy atom. The van der Waals surface area contributed by atoms with Gasteiger partial charge in [-0.05, 0) is 52.1 Å². The highest BCUT2D eigenvalue weighted by molar-refractivity contribution is 14.1. The molecule has 0 N–H and O–H groups in total. The summed E-state index contributed by atoms with van der Waals surface area (Å²) in [7, 11) is 0. The summed E-state index contributed by atoms with van der Waals surface area (Å²) < 4.78 is 26.2. The molecule has 0 aliphatic heterocycles. The van der Waals surface area contributed by atoms with Crippen LogP contribution < -0.4 is 0 Å². The Labute approximate surface area is 96.2 Å². The van der Waals surface area contributed by atoms with Gasteiger partial charge in [0.25, 0.3) is 6.43 Å². The van der Waals surface area contributed by atoms with E-state index in [1.165, 1.54) is 0 Å². The number of hydrogen-bond donors (Lipinski definition) is 0. The molecule has 0 aliphatic rings. The lowest BCUT2D eigenvalue weighted by atomic mass is 10.2. The first-order valence-electron chi connectivity index (χ1n) is 3.12. The lowest BCUT2D eigenvalue weighted by molar-refractivity contribution is 0.149. The Morgan fingerprint density at radius 1 is 1.42 bits per heavy atom. The van der Waals surface area contributed by atoms with E-state index in [0.29, 0.717) is 9.26 Å². The molecule has 12 heavy (non-hydrogen) atoms. The van der Waals surface area contributed by atoms with E-state index in [-0.39, 0.29) is 5.56 Å². The molecule has 5 heteroatoms. The van der Waals surface area contributed by atoms with Crippen LogP contribution in [0.1, 0.15) is 17.7 Å². The minimum atomic E-state index is -2.43. The van der Waals surface area contributed by atoms with Crippen molar-refractivity contribution in [2.24, 2.45) is 0 Å². The van der Waals surface area contributed by atoms with Gasteiger partial charge in [-0.3, -0.25) is 4.98 Å². The van der Waals surface area contributed by atoms with Gasteiger partial charge >= 0.3 is 0 Å². The average Bonchev–Trinajstić information content (AvgIpc) is 1.97. The minimum absolute atomic E-state index is 0.0579. The van der Waals surface area contributed by atoms with Crippen molar-refractivity contribution in [1.82, 2.24) is 4.98 Å². The van der Waals surface area contributed by atoms with Crippen LogP contribution in [0.4, 0.5) is 8.78 Å². The predicted octanol–water partition coefficient (Wildman–Crippen LogP) is 3.54. The van der Waals surface area contributed by atoms with Crippen molar-refractivity contribution in [2.45, 2.75) is 13.3 Å². The SMILES string of the molecule is Cc1ncc(I)c(I)c1C(F)F. The molecule has 1 rings (SSSR count). The van der Waals surface area contributed by atoms with Crippen molar-refractivity contribution in [1.29, 1.82) is 0 Å². The predicted molar refractivity (Wildman–Crippen MR) is 59.4 cm³/mol. The molecule has 0 saturated heterocycles. The van der Waals surface area contributed by atoms with E-state index in [4.69, 9.17) is 0 Å². The maximum atomic E-state index is 12.4. The molecule has 0 aliphatic carbocycles. The molecule has 0 aromatic carbocycles. The van der Waals surface area contributed by atoms with E-state index >= 15 is 0 Å². The van der Waals surface area contributed by atoms with Crippen molar-refractivity contribution >= 4 is 45.2 Å².